The van der Waals surface area contributed by atoms with Crippen LogP contribution in [0.4, 0.5) is 15.8 Å². The standard InChI is InChI=1S/C24H27FN4O4S/c1-34(32,33)20-6-7-23(29-8-2-3-19(30)16-29)21(14-20)24(31)28-11-9-27(10-12-28)18-5-4-17(15-26)22(25)13-18/h4-7,13-14,19,30H,2-3,8-12,16H2,1H3. The van der Waals surface area contributed by atoms with E-state index in [1.807, 2.05) is 9.80 Å². The number of rotatable bonds is 4. The lowest BCUT2D eigenvalue weighted by Gasteiger charge is -2.38. The molecule has 2 aliphatic rings. The second-order valence-corrected chi connectivity index (χ2v) is 10.8. The summed E-state index contributed by atoms with van der Waals surface area (Å²) < 4.78 is 38.4. The van der Waals surface area contributed by atoms with Crippen molar-refractivity contribution in [2.75, 3.05) is 55.3 Å². The summed E-state index contributed by atoms with van der Waals surface area (Å²) in [6, 6.07) is 10.8. The highest BCUT2D eigenvalue weighted by molar-refractivity contribution is 7.90. The topological polar surface area (TPSA) is 105 Å². The van der Waals surface area contributed by atoms with Gasteiger partial charge in [-0.05, 0) is 49.2 Å². The Balaban J connectivity index is 1.56. The Hall–Kier alpha value is -3.16. The number of piperazine rings is 1. The molecule has 2 saturated heterocycles. The van der Waals surface area contributed by atoms with E-state index in [1.54, 1.807) is 23.1 Å². The number of benzene rings is 2. The van der Waals surface area contributed by atoms with Crippen LogP contribution in [-0.2, 0) is 9.84 Å². The van der Waals surface area contributed by atoms with E-state index in [0.29, 0.717) is 62.6 Å². The van der Waals surface area contributed by atoms with Gasteiger partial charge in [0.1, 0.15) is 11.9 Å². The molecule has 0 radical (unpaired) electrons. The molecule has 8 nitrogen and oxygen atoms in total. The number of piperidine rings is 1. The molecule has 2 fully saturated rings. The van der Waals surface area contributed by atoms with E-state index in [9.17, 15) is 22.7 Å². The van der Waals surface area contributed by atoms with Crippen molar-refractivity contribution >= 4 is 27.1 Å². The largest absolute Gasteiger partial charge is 0.391 e. The van der Waals surface area contributed by atoms with Crippen LogP contribution in [0.2, 0.25) is 0 Å². The number of carbonyl (C=O) groups is 1. The zero-order valence-corrected chi connectivity index (χ0v) is 19.8. The lowest BCUT2D eigenvalue weighted by molar-refractivity contribution is 0.0746. The zero-order valence-electron chi connectivity index (χ0n) is 18.9. The molecule has 1 N–H and O–H groups in total. The number of hydrogen-bond donors (Lipinski definition) is 1. The minimum Gasteiger partial charge on any atom is -0.391 e. The van der Waals surface area contributed by atoms with E-state index in [-0.39, 0.29) is 16.4 Å². The minimum absolute atomic E-state index is 0.0151. The summed E-state index contributed by atoms with van der Waals surface area (Å²) in [4.78, 5) is 19.2. The maximum atomic E-state index is 14.0. The van der Waals surface area contributed by atoms with Gasteiger partial charge in [0.2, 0.25) is 0 Å². The quantitative estimate of drug-likeness (QED) is 0.705. The van der Waals surface area contributed by atoms with E-state index in [0.717, 1.165) is 12.7 Å². The van der Waals surface area contributed by atoms with Gasteiger partial charge in [-0.3, -0.25) is 4.79 Å². The Bertz CT molecular complexity index is 1240. The number of amides is 1. The van der Waals surface area contributed by atoms with Gasteiger partial charge in [-0.2, -0.15) is 5.26 Å². The van der Waals surface area contributed by atoms with Gasteiger partial charge in [0, 0.05) is 56.9 Å². The van der Waals surface area contributed by atoms with Crippen molar-refractivity contribution in [1.29, 1.82) is 5.26 Å². The first kappa shape index (κ1) is 24.0. The van der Waals surface area contributed by atoms with Crippen LogP contribution in [0.1, 0.15) is 28.8 Å². The highest BCUT2D eigenvalue weighted by Gasteiger charge is 2.28. The monoisotopic (exact) mass is 486 g/mol. The van der Waals surface area contributed by atoms with Crippen LogP contribution >= 0.6 is 0 Å². The molecular formula is C24H27FN4O4S. The van der Waals surface area contributed by atoms with Gasteiger partial charge >= 0.3 is 0 Å². The molecule has 1 amide bonds. The van der Waals surface area contributed by atoms with Crippen molar-refractivity contribution in [3.8, 4) is 6.07 Å². The average molecular weight is 487 g/mol. The third-order valence-electron chi connectivity index (χ3n) is 6.37. The Kier molecular flexibility index (Phi) is 6.77. The Morgan fingerprint density at radius 3 is 2.44 bits per heavy atom. The first-order valence-electron chi connectivity index (χ1n) is 11.2. The first-order chi connectivity index (χ1) is 16.2. The number of halogens is 1. The molecule has 1 atom stereocenters. The molecule has 0 aromatic heterocycles. The van der Waals surface area contributed by atoms with E-state index < -0.39 is 21.8 Å². The highest BCUT2D eigenvalue weighted by Crippen LogP contribution is 2.29. The average Bonchev–Trinajstić information content (AvgIpc) is 2.82. The molecule has 0 saturated carbocycles. The third kappa shape index (κ3) is 5.00. The molecule has 0 aliphatic carbocycles. The summed E-state index contributed by atoms with van der Waals surface area (Å²) in [5, 5.41) is 19.0. The fraction of sp³-hybridized carbons (Fsp3) is 0.417. The molecular weight excluding hydrogens is 459 g/mol. The van der Waals surface area contributed by atoms with Crippen LogP contribution in [0.25, 0.3) is 0 Å². The van der Waals surface area contributed by atoms with Gasteiger partial charge in [0.05, 0.1) is 22.1 Å². The van der Waals surface area contributed by atoms with Crippen LogP contribution in [0, 0.1) is 17.1 Å². The number of nitrogens with zero attached hydrogens (tertiary/aromatic N) is 4. The second-order valence-electron chi connectivity index (χ2n) is 8.75. The van der Waals surface area contributed by atoms with Crippen molar-refractivity contribution in [3.05, 3.63) is 53.3 Å². The fourth-order valence-electron chi connectivity index (χ4n) is 4.50. The van der Waals surface area contributed by atoms with Gasteiger partial charge < -0.3 is 19.8 Å². The Morgan fingerprint density at radius 2 is 1.82 bits per heavy atom. The van der Waals surface area contributed by atoms with E-state index in [4.69, 9.17) is 5.26 Å². The molecule has 1 unspecified atom stereocenters. The van der Waals surface area contributed by atoms with E-state index >= 15 is 0 Å². The molecule has 4 rings (SSSR count). The number of sulfone groups is 1. The summed E-state index contributed by atoms with van der Waals surface area (Å²) in [5.74, 6) is -0.851. The summed E-state index contributed by atoms with van der Waals surface area (Å²) in [6.45, 7) is 2.77. The molecule has 2 aromatic rings. The van der Waals surface area contributed by atoms with Crippen LogP contribution in [0.15, 0.2) is 41.3 Å². The van der Waals surface area contributed by atoms with Crippen molar-refractivity contribution in [1.82, 2.24) is 4.90 Å². The maximum Gasteiger partial charge on any atom is 0.256 e. The van der Waals surface area contributed by atoms with Crippen LogP contribution in [0.5, 0.6) is 0 Å². The van der Waals surface area contributed by atoms with Crippen LogP contribution < -0.4 is 9.80 Å². The molecule has 10 heteroatoms. The maximum absolute atomic E-state index is 14.0. The van der Waals surface area contributed by atoms with Crippen molar-refractivity contribution in [3.63, 3.8) is 0 Å². The summed E-state index contributed by atoms with van der Waals surface area (Å²) >= 11 is 0. The summed E-state index contributed by atoms with van der Waals surface area (Å²) in [6.07, 6.45) is 2.08. The third-order valence-corrected chi connectivity index (χ3v) is 7.48. The number of carbonyl (C=O) groups excluding carboxylic acids is 1. The number of hydrogen-bond acceptors (Lipinski definition) is 7. The number of anilines is 2. The van der Waals surface area contributed by atoms with Crippen LogP contribution in [0.3, 0.4) is 0 Å². The van der Waals surface area contributed by atoms with Gasteiger partial charge in [-0.1, -0.05) is 0 Å². The predicted octanol–water partition coefficient (Wildman–Crippen LogP) is 2.02. The van der Waals surface area contributed by atoms with Gasteiger partial charge in [0.15, 0.2) is 9.84 Å². The van der Waals surface area contributed by atoms with Gasteiger partial charge in [-0.25, -0.2) is 12.8 Å². The fourth-order valence-corrected chi connectivity index (χ4v) is 5.14. The van der Waals surface area contributed by atoms with E-state index in [1.165, 1.54) is 24.3 Å². The van der Waals surface area contributed by atoms with Gasteiger partial charge in [-0.15, -0.1) is 0 Å². The molecule has 34 heavy (non-hydrogen) atoms. The highest BCUT2D eigenvalue weighted by atomic mass is 32.2. The Morgan fingerprint density at radius 1 is 1.09 bits per heavy atom. The number of aliphatic hydroxyl groups is 1. The predicted molar refractivity (Wildman–Crippen MR) is 126 cm³/mol. The lowest BCUT2D eigenvalue weighted by atomic mass is 10.0. The molecule has 2 aliphatic heterocycles. The Labute approximate surface area is 198 Å². The molecule has 180 valence electrons. The normalized spacial score (nSPS) is 19.1. The van der Waals surface area contributed by atoms with Crippen molar-refractivity contribution in [2.24, 2.45) is 0 Å². The van der Waals surface area contributed by atoms with Crippen molar-refractivity contribution in [2.45, 2.75) is 23.8 Å². The summed E-state index contributed by atoms with van der Waals surface area (Å²) in [7, 11) is -3.51. The summed E-state index contributed by atoms with van der Waals surface area (Å²) in [5.41, 5.74) is 1.55. The number of nitriles is 1. The van der Waals surface area contributed by atoms with Crippen LogP contribution in [-0.4, -0.2) is 76.0 Å². The molecule has 2 aromatic carbocycles. The first-order valence-corrected chi connectivity index (χ1v) is 13.1. The molecule has 0 bridgehead atoms. The van der Waals surface area contributed by atoms with Crippen molar-refractivity contribution < 1.29 is 22.7 Å². The second kappa shape index (κ2) is 9.60. The van der Waals surface area contributed by atoms with Gasteiger partial charge in [0.25, 0.3) is 5.91 Å². The lowest BCUT2D eigenvalue weighted by Crippen LogP contribution is -2.49. The number of aliphatic hydroxyl groups excluding tert-OH is 1. The smallest absolute Gasteiger partial charge is 0.256 e. The molecule has 2 heterocycles. The molecule has 0 spiro atoms. The SMILES string of the molecule is CS(=O)(=O)c1ccc(N2CCCC(O)C2)c(C(=O)N2CCN(c3ccc(C#N)c(F)c3)CC2)c1. The zero-order chi connectivity index (χ0) is 24.5. The number of β-amino-alcohol motifs (C(OH)–C–C–N with tert-alkyl or cyclic N) is 1. The van der Waals surface area contributed by atoms with E-state index in [2.05, 4.69) is 0 Å². The minimum atomic E-state index is -3.51.